The van der Waals surface area contributed by atoms with Crippen molar-refractivity contribution in [3.8, 4) is 18.2 Å². The Hall–Kier alpha value is -2.17. The van der Waals surface area contributed by atoms with Crippen molar-refractivity contribution in [1.29, 1.82) is 21.2 Å². The molecular formula is C18H17ClN5S+. The third-order valence-electron chi connectivity index (χ3n) is 5.36. The fraction of sp³-hybridized carbons (Fsp3) is 0.444. The minimum atomic E-state index is -1.63. The molecule has 5 nitrogen and oxygen atoms in total. The zero-order valence-corrected chi connectivity index (χ0v) is 15.3. The van der Waals surface area contributed by atoms with Crippen LogP contribution in [0.3, 0.4) is 0 Å². The number of likely N-dealkylation sites (N-methyl/N-ethyl adjacent to an activating group) is 1. The van der Waals surface area contributed by atoms with E-state index in [1.54, 1.807) is 6.07 Å². The first kappa shape index (κ1) is 17.6. The second kappa shape index (κ2) is 6.62. The van der Waals surface area contributed by atoms with Gasteiger partial charge >= 0.3 is 0 Å². The van der Waals surface area contributed by atoms with Crippen molar-refractivity contribution in [2.45, 2.75) is 12.8 Å². The first-order valence-corrected chi connectivity index (χ1v) is 9.31. The molecule has 0 aromatic carbocycles. The Labute approximate surface area is 155 Å². The number of hydrogen-bond donors (Lipinski definition) is 2. The van der Waals surface area contributed by atoms with Crippen LogP contribution in [0, 0.1) is 56.7 Å². The monoisotopic (exact) mass is 370 g/mol. The van der Waals surface area contributed by atoms with Gasteiger partial charge in [0.15, 0.2) is 5.41 Å². The Morgan fingerprint density at radius 3 is 2.60 bits per heavy atom. The predicted octanol–water partition coefficient (Wildman–Crippen LogP) is 2.15. The maximum Gasteiger partial charge on any atom is 0.190 e. The van der Waals surface area contributed by atoms with E-state index in [0.717, 1.165) is 30.1 Å². The molecule has 0 amide bonds. The average molecular weight is 371 g/mol. The number of halogens is 1. The Balaban J connectivity index is 2.24. The van der Waals surface area contributed by atoms with Crippen LogP contribution in [0.5, 0.6) is 0 Å². The van der Waals surface area contributed by atoms with Crippen LogP contribution in [0.4, 0.5) is 0 Å². The van der Waals surface area contributed by atoms with Crippen molar-refractivity contribution < 1.29 is 4.90 Å². The molecule has 0 radical (unpaired) electrons. The summed E-state index contributed by atoms with van der Waals surface area (Å²) in [4.78, 5) is 2.18. The number of quaternary nitrogens is 1. The average Bonchev–Trinajstić information content (AvgIpc) is 3.06. The van der Waals surface area contributed by atoms with E-state index >= 15 is 0 Å². The third kappa shape index (κ3) is 2.57. The molecule has 2 unspecified atom stereocenters. The Kier molecular flexibility index (Phi) is 4.67. The number of fused-ring (bicyclic) bond motifs is 1. The first-order chi connectivity index (χ1) is 12.0. The summed E-state index contributed by atoms with van der Waals surface area (Å²) in [5.41, 5.74) is -0.843. The molecule has 4 atom stereocenters. The van der Waals surface area contributed by atoms with Gasteiger partial charge in [-0.25, -0.2) is 0 Å². The third-order valence-corrected chi connectivity index (χ3v) is 6.68. The summed E-state index contributed by atoms with van der Waals surface area (Å²) in [5, 5.41) is 37.9. The lowest BCUT2D eigenvalue weighted by Crippen LogP contribution is -3.13. The molecule has 1 saturated carbocycles. The van der Waals surface area contributed by atoms with E-state index in [1.165, 1.54) is 16.2 Å². The van der Waals surface area contributed by atoms with Crippen LogP contribution >= 0.6 is 22.9 Å². The molecule has 2 N–H and O–H groups in total. The largest absolute Gasteiger partial charge is 0.331 e. The number of nitriles is 3. The summed E-state index contributed by atoms with van der Waals surface area (Å²) in [7, 11) is 0. The number of nitrogens with zero attached hydrogens (tertiary/aromatic N) is 3. The first-order valence-electron chi connectivity index (χ1n) is 8.12. The van der Waals surface area contributed by atoms with Crippen LogP contribution in [0.25, 0.3) is 0 Å². The molecule has 1 aliphatic carbocycles. The summed E-state index contributed by atoms with van der Waals surface area (Å²) < 4.78 is 0.592. The van der Waals surface area contributed by atoms with E-state index in [4.69, 9.17) is 17.0 Å². The molecule has 0 spiro atoms. The number of nitrogens with one attached hydrogen (secondary N) is 2. The van der Waals surface area contributed by atoms with E-state index < -0.39 is 17.3 Å². The Bertz CT molecular complexity index is 851. The van der Waals surface area contributed by atoms with E-state index in [1.807, 2.05) is 12.1 Å². The minimum Gasteiger partial charge on any atom is -0.331 e. The fourth-order valence-corrected chi connectivity index (χ4v) is 5.35. The zero-order chi connectivity index (χ0) is 18.2. The fourth-order valence-electron chi connectivity index (χ4n) is 4.05. The number of hydrogen-bond acceptors (Lipinski definition) is 5. The molecule has 3 rings (SSSR count). The molecule has 1 fully saturated rings. The van der Waals surface area contributed by atoms with E-state index in [0.29, 0.717) is 4.34 Å². The summed E-state index contributed by atoms with van der Waals surface area (Å²) in [5.74, 6) is -1.38. The highest BCUT2D eigenvalue weighted by atomic mass is 35.5. The summed E-state index contributed by atoms with van der Waals surface area (Å²) in [6.07, 6.45) is 2.04. The normalized spacial score (nSPS) is 30.4. The molecule has 1 aliphatic heterocycles. The quantitative estimate of drug-likeness (QED) is 0.780. The van der Waals surface area contributed by atoms with E-state index in [2.05, 4.69) is 25.1 Å². The van der Waals surface area contributed by atoms with Gasteiger partial charge in [-0.1, -0.05) is 11.6 Å². The highest BCUT2D eigenvalue weighted by Gasteiger charge is 2.58. The Morgan fingerprint density at radius 2 is 2.08 bits per heavy atom. The van der Waals surface area contributed by atoms with Crippen molar-refractivity contribution in [1.82, 2.24) is 0 Å². The van der Waals surface area contributed by atoms with E-state index in [-0.39, 0.29) is 11.6 Å². The summed E-state index contributed by atoms with van der Waals surface area (Å²) in [6.45, 7) is 4.58. The molecule has 2 aliphatic rings. The molecule has 0 saturated heterocycles. The van der Waals surface area contributed by atoms with Gasteiger partial charge in [-0.2, -0.15) is 15.8 Å². The highest BCUT2D eigenvalue weighted by molar-refractivity contribution is 7.16. The van der Waals surface area contributed by atoms with Gasteiger partial charge in [0, 0.05) is 16.7 Å². The maximum absolute atomic E-state index is 9.90. The van der Waals surface area contributed by atoms with Gasteiger partial charge in [-0.05, 0) is 30.7 Å². The van der Waals surface area contributed by atoms with Crippen molar-refractivity contribution in [3.63, 3.8) is 0 Å². The Morgan fingerprint density at radius 1 is 1.36 bits per heavy atom. The van der Waals surface area contributed by atoms with Crippen LogP contribution in [0.1, 0.15) is 17.7 Å². The van der Waals surface area contributed by atoms with Crippen LogP contribution in [-0.2, 0) is 0 Å². The highest BCUT2D eigenvalue weighted by Crippen LogP contribution is 2.53. The van der Waals surface area contributed by atoms with Gasteiger partial charge in [0.2, 0.25) is 0 Å². The van der Waals surface area contributed by atoms with Crippen LogP contribution < -0.4 is 4.90 Å². The van der Waals surface area contributed by atoms with Gasteiger partial charge < -0.3 is 10.3 Å². The SMILES string of the molecule is CC[NH+]1CC=C2C(C#N)C(=N)C(C#N)(C#N)[C@@H](c3ccc(Cl)s3)[C@H]2C1. The molecule has 1 aromatic heterocycles. The smallest absolute Gasteiger partial charge is 0.190 e. The van der Waals surface area contributed by atoms with Gasteiger partial charge in [0.1, 0.15) is 5.92 Å². The standard InChI is InChI=1S/C18H16ClN5S/c1-2-24-6-5-11-12(7-20)17(23)18(9-21,10-22)16(13(11)8-24)14-3-4-15(19)25-14/h3-5,12-13,16,23H,2,6,8H2,1H3/p+1/t12?,13-,16+/m0/s1. The van der Waals surface area contributed by atoms with E-state index in [9.17, 15) is 15.8 Å². The van der Waals surface area contributed by atoms with Gasteiger partial charge in [0.25, 0.3) is 0 Å². The number of rotatable bonds is 2. The summed E-state index contributed by atoms with van der Waals surface area (Å²) >= 11 is 7.46. The molecular weight excluding hydrogens is 354 g/mol. The lowest BCUT2D eigenvalue weighted by Gasteiger charge is -2.45. The topological polar surface area (TPSA) is 99.7 Å². The van der Waals surface area contributed by atoms with Crippen molar-refractivity contribution in [3.05, 3.63) is 33.0 Å². The molecule has 2 heterocycles. The minimum absolute atomic E-state index is 0.100. The zero-order valence-electron chi connectivity index (χ0n) is 13.7. The molecule has 0 bridgehead atoms. The van der Waals surface area contributed by atoms with Gasteiger partial charge in [-0.15, -0.1) is 11.3 Å². The molecule has 25 heavy (non-hydrogen) atoms. The lowest BCUT2D eigenvalue weighted by molar-refractivity contribution is -0.897. The van der Waals surface area contributed by atoms with Crippen LogP contribution in [-0.4, -0.2) is 25.3 Å². The second-order valence-electron chi connectivity index (χ2n) is 6.45. The maximum atomic E-state index is 9.90. The van der Waals surface area contributed by atoms with Gasteiger partial charge in [0.05, 0.1) is 47.9 Å². The molecule has 1 aromatic rings. The second-order valence-corrected chi connectivity index (χ2v) is 8.20. The number of thiophene rings is 1. The predicted molar refractivity (Wildman–Crippen MR) is 95.4 cm³/mol. The lowest BCUT2D eigenvalue weighted by atomic mass is 9.55. The van der Waals surface area contributed by atoms with Crippen LogP contribution in [0.2, 0.25) is 4.34 Å². The molecule has 7 heteroatoms. The molecule has 126 valence electrons. The van der Waals surface area contributed by atoms with Crippen molar-refractivity contribution in [2.24, 2.45) is 17.3 Å². The van der Waals surface area contributed by atoms with Crippen molar-refractivity contribution >= 4 is 28.6 Å². The van der Waals surface area contributed by atoms with Crippen LogP contribution in [0.15, 0.2) is 23.8 Å². The van der Waals surface area contributed by atoms with Gasteiger partial charge in [-0.3, -0.25) is 0 Å². The van der Waals surface area contributed by atoms with Crippen molar-refractivity contribution in [2.75, 3.05) is 19.6 Å². The summed E-state index contributed by atoms with van der Waals surface area (Å²) in [6, 6.07) is 9.96.